The Kier molecular flexibility index (Phi) is 12.9. The van der Waals surface area contributed by atoms with Crippen molar-refractivity contribution in [2.45, 2.75) is 116 Å². The van der Waals surface area contributed by atoms with Gasteiger partial charge in [-0.2, -0.15) is 13.2 Å². The molecule has 2 heterocycles. The van der Waals surface area contributed by atoms with Crippen LogP contribution in [0.25, 0.3) is 11.1 Å². The van der Waals surface area contributed by atoms with Crippen LogP contribution < -0.4 is 10.9 Å². The highest BCUT2D eigenvalue weighted by Gasteiger charge is 2.39. The predicted octanol–water partition coefficient (Wildman–Crippen LogP) is 8.98. The number of aromatic nitrogens is 1. The lowest BCUT2D eigenvalue weighted by Crippen LogP contribution is -2.42. The molecule has 0 bridgehead atoms. The first-order valence-corrected chi connectivity index (χ1v) is 18.7. The van der Waals surface area contributed by atoms with Crippen molar-refractivity contribution in [3.05, 3.63) is 91.6 Å². The number of amides is 1. The third-order valence-electron chi connectivity index (χ3n) is 10.9. The number of alkyl halides is 3. The Bertz CT molecular complexity index is 2030. The summed E-state index contributed by atoms with van der Waals surface area (Å²) in [6, 6.07) is 1.06. The van der Waals surface area contributed by atoms with Crippen LogP contribution >= 0.6 is 0 Å². The number of nitrogens with one attached hydrogen (secondary N) is 1. The fourth-order valence-corrected chi connectivity index (χ4v) is 8.39. The summed E-state index contributed by atoms with van der Waals surface area (Å²) in [5.74, 6) is -1.30. The molecule has 1 amide bonds. The maximum atomic E-state index is 16.7. The van der Waals surface area contributed by atoms with E-state index in [1.807, 2.05) is 0 Å². The quantitative estimate of drug-likeness (QED) is 0.150. The molecule has 0 unspecified atom stereocenters. The molecule has 1 saturated heterocycles. The normalized spacial score (nSPS) is 16.9. The number of pyridine rings is 1. The van der Waals surface area contributed by atoms with E-state index in [9.17, 15) is 37.1 Å². The average Bonchev–Trinajstić information content (AvgIpc) is 3.63. The zero-order chi connectivity index (χ0) is 40.4. The minimum Gasteiger partial charge on any atom is -0.481 e. The second kappa shape index (κ2) is 17.1. The van der Waals surface area contributed by atoms with Gasteiger partial charge >= 0.3 is 12.1 Å². The second-order valence-corrected chi connectivity index (χ2v) is 15.2. The van der Waals surface area contributed by atoms with Gasteiger partial charge in [0.1, 0.15) is 23.5 Å². The van der Waals surface area contributed by atoms with Crippen LogP contribution in [0.15, 0.2) is 35.3 Å². The van der Waals surface area contributed by atoms with Gasteiger partial charge in [-0.15, -0.1) is 5.92 Å². The highest BCUT2D eigenvalue weighted by molar-refractivity contribution is 5.82. The third-order valence-corrected chi connectivity index (χ3v) is 10.9. The van der Waals surface area contributed by atoms with Crippen molar-refractivity contribution in [2.75, 3.05) is 13.1 Å². The average molecular weight is 772 g/mol. The van der Waals surface area contributed by atoms with Gasteiger partial charge in [-0.05, 0) is 118 Å². The highest BCUT2D eigenvalue weighted by atomic mass is 19.4. The first-order valence-electron chi connectivity index (χ1n) is 18.7. The van der Waals surface area contributed by atoms with E-state index in [1.165, 1.54) is 20.8 Å². The van der Waals surface area contributed by atoms with E-state index in [-0.39, 0.29) is 34.6 Å². The Hall–Kier alpha value is -4.57. The van der Waals surface area contributed by atoms with Crippen LogP contribution in [0.4, 0.5) is 26.3 Å². The van der Waals surface area contributed by atoms with Crippen LogP contribution in [0.5, 0.6) is 0 Å². The summed E-state index contributed by atoms with van der Waals surface area (Å²) >= 11 is 0. The molecule has 2 N–H and O–H groups in total. The number of carboxylic acids is 1. The van der Waals surface area contributed by atoms with Crippen LogP contribution in [-0.2, 0) is 15.8 Å². The Morgan fingerprint density at radius 3 is 2.13 bits per heavy atom. The lowest BCUT2D eigenvalue weighted by atomic mass is 9.86. The Morgan fingerprint density at radius 2 is 1.58 bits per heavy atom. The Morgan fingerprint density at radius 1 is 0.964 bits per heavy atom. The lowest BCUT2D eigenvalue weighted by Gasteiger charge is -2.37. The molecule has 0 spiro atoms. The van der Waals surface area contributed by atoms with Crippen molar-refractivity contribution >= 4 is 11.9 Å². The number of likely N-dealkylation sites (tertiary alicyclic amines) is 1. The molecule has 2 atom stereocenters. The van der Waals surface area contributed by atoms with Gasteiger partial charge in [0.25, 0.3) is 5.56 Å². The van der Waals surface area contributed by atoms with E-state index in [2.05, 4.69) is 22.1 Å². The summed E-state index contributed by atoms with van der Waals surface area (Å²) in [7, 11) is 0. The van der Waals surface area contributed by atoms with Crippen molar-refractivity contribution in [3.8, 4) is 23.0 Å². The molecule has 7 nitrogen and oxygen atoms in total. The van der Waals surface area contributed by atoms with Gasteiger partial charge in [0.05, 0.1) is 23.6 Å². The first kappa shape index (κ1) is 41.6. The zero-order valence-electron chi connectivity index (χ0n) is 31.7. The SMILES string of the molecule is CC#Cc1cc(-c2c(C)cc(F)cc2C)c(F)c([C@H](CC(=O)O)NC(=O)[C@H](CC(C)C)n2cc(C3CCN(C4CCCC4)CC3)c(C(F)(F)F)cc2=O)c1F. The van der Waals surface area contributed by atoms with Gasteiger partial charge in [-0.3, -0.25) is 14.4 Å². The topological polar surface area (TPSA) is 91.6 Å². The molecule has 3 aromatic rings. The molecular weight excluding hydrogens is 724 g/mol. The summed E-state index contributed by atoms with van der Waals surface area (Å²) in [5, 5.41) is 12.4. The van der Waals surface area contributed by atoms with Gasteiger partial charge in [0.2, 0.25) is 5.91 Å². The molecule has 2 aliphatic rings. The highest BCUT2D eigenvalue weighted by Crippen LogP contribution is 2.41. The van der Waals surface area contributed by atoms with Crippen LogP contribution in [-0.4, -0.2) is 45.6 Å². The number of carboxylic acid groups (broad SMARTS) is 1. The van der Waals surface area contributed by atoms with Crippen molar-refractivity contribution in [3.63, 3.8) is 0 Å². The van der Waals surface area contributed by atoms with Crippen LogP contribution in [0.1, 0.15) is 124 Å². The molecule has 0 radical (unpaired) electrons. The smallest absolute Gasteiger partial charge is 0.416 e. The number of carbonyl (C=O) groups is 2. The van der Waals surface area contributed by atoms with Crippen LogP contribution in [0, 0.1) is 49.1 Å². The number of benzene rings is 2. The minimum atomic E-state index is -4.85. The molecule has 1 aromatic heterocycles. The molecule has 13 heteroatoms. The zero-order valence-corrected chi connectivity index (χ0v) is 31.7. The third kappa shape index (κ3) is 9.29. The van der Waals surface area contributed by atoms with E-state index in [4.69, 9.17) is 0 Å². The van der Waals surface area contributed by atoms with E-state index in [1.54, 1.807) is 13.8 Å². The van der Waals surface area contributed by atoms with Gasteiger partial charge in [-0.25, -0.2) is 13.2 Å². The van der Waals surface area contributed by atoms with E-state index < -0.39 is 76.6 Å². The van der Waals surface area contributed by atoms with Crippen LogP contribution in [0.3, 0.4) is 0 Å². The van der Waals surface area contributed by atoms with Crippen molar-refractivity contribution in [2.24, 2.45) is 5.92 Å². The predicted molar refractivity (Wildman–Crippen MR) is 197 cm³/mol. The molecule has 1 aliphatic carbocycles. The van der Waals surface area contributed by atoms with Gasteiger partial charge in [0.15, 0.2) is 0 Å². The first-order chi connectivity index (χ1) is 25.9. The number of carbonyl (C=O) groups excluding carboxylic acids is 1. The van der Waals surface area contributed by atoms with E-state index in [0.29, 0.717) is 49.2 Å². The van der Waals surface area contributed by atoms with Crippen molar-refractivity contribution < 1.29 is 41.0 Å². The summed E-state index contributed by atoms with van der Waals surface area (Å²) in [4.78, 5) is 42.3. The number of nitrogens with zero attached hydrogens (tertiary/aromatic N) is 2. The largest absolute Gasteiger partial charge is 0.481 e. The number of hydrogen-bond donors (Lipinski definition) is 2. The number of rotatable bonds is 11. The number of halogens is 6. The maximum absolute atomic E-state index is 16.7. The molecule has 5 rings (SSSR count). The molecule has 1 aliphatic heterocycles. The number of piperidine rings is 1. The Labute approximate surface area is 317 Å². The molecule has 2 fully saturated rings. The molecule has 296 valence electrons. The number of aryl methyl sites for hydroxylation is 2. The number of hydrogen-bond acceptors (Lipinski definition) is 4. The standard InChI is InChI=1S/C42H47F6N3O4/c1-6-9-27-19-30(37-24(4)17-28(43)18-25(37)5)40(45)38(39(27)44)33(21-36(53)54)49-41(55)34(16-23(2)3)51-22-31(32(20-35(51)52)42(46,47)48)26-12-14-50(15-13-26)29-10-7-8-11-29/h17-20,22-23,26,29,33-34H,7-8,10-16,21H2,1-5H3,(H,49,55)(H,53,54)/t33-,34-/m0/s1. The summed E-state index contributed by atoms with van der Waals surface area (Å²) in [5.41, 5.74) is -2.77. The fraction of sp³-hybridized carbons (Fsp3) is 0.500. The maximum Gasteiger partial charge on any atom is 0.416 e. The minimum absolute atomic E-state index is 0.0675. The number of aliphatic carboxylic acids is 1. The van der Waals surface area contributed by atoms with Crippen molar-refractivity contribution in [1.82, 2.24) is 14.8 Å². The monoisotopic (exact) mass is 771 g/mol. The van der Waals surface area contributed by atoms with Gasteiger partial charge < -0.3 is 19.9 Å². The van der Waals surface area contributed by atoms with E-state index in [0.717, 1.165) is 54.6 Å². The lowest BCUT2D eigenvalue weighted by molar-refractivity contribution is -0.139. The fourth-order valence-electron chi connectivity index (χ4n) is 8.39. The molecule has 55 heavy (non-hydrogen) atoms. The Balaban J connectivity index is 1.59. The summed E-state index contributed by atoms with van der Waals surface area (Å²) < 4.78 is 91.6. The molecule has 2 aromatic carbocycles. The molecule has 1 saturated carbocycles. The summed E-state index contributed by atoms with van der Waals surface area (Å²) in [6.45, 7) is 9.12. The second-order valence-electron chi connectivity index (χ2n) is 15.2. The van der Waals surface area contributed by atoms with Crippen LogP contribution in [0.2, 0.25) is 0 Å². The summed E-state index contributed by atoms with van der Waals surface area (Å²) in [6.07, 6.45) is 0.362. The van der Waals surface area contributed by atoms with Gasteiger partial charge in [-0.1, -0.05) is 32.6 Å². The van der Waals surface area contributed by atoms with Crippen molar-refractivity contribution in [1.29, 1.82) is 0 Å². The van der Waals surface area contributed by atoms with E-state index >= 15 is 8.78 Å². The molecular formula is C42H47F6N3O4. The van der Waals surface area contributed by atoms with Gasteiger partial charge in [0, 0.05) is 29.4 Å².